The highest BCUT2D eigenvalue weighted by Crippen LogP contribution is 2.57. The van der Waals surface area contributed by atoms with E-state index in [1.165, 1.54) is 5.56 Å². The summed E-state index contributed by atoms with van der Waals surface area (Å²) >= 11 is 0. The molecule has 20 heavy (non-hydrogen) atoms. The summed E-state index contributed by atoms with van der Waals surface area (Å²) in [5, 5.41) is 0. The minimum atomic E-state index is -0.146. The number of rotatable bonds is 5. The van der Waals surface area contributed by atoms with Crippen molar-refractivity contribution in [2.24, 2.45) is 5.41 Å². The van der Waals surface area contributed by atoms with Crippen LogP contribution in [-0.2, 0) is 11.4 Å². The maximum absolute atomic E-state index is 11.0. The molecule has 0 saturated heterocycles. The number of benzene rings is 2. The molecule has 2 heteroatoms. The highest BCUT2D eigenvalue weighted by atomic mass is 16.5. The van der Waals surface area contributed by atoms with Crippen molar-refractivity contribution in [3.63, 3.8) is 0 Å². The van der Waals surface area contributed by atoms with Gasteiger partial charge >= 0.3 is 0 Å². The van der Waals surface area contributed by atoms with Crippen LogP contribution in [0.4, 0.5) is 0 Å². The highest BCUT2D eigenvalue weighted by molar-refractivity contribution is 5.67. The van der Waals surface area contributed by atoms with E-state index < -0.39 is 0 Å². The van der Waals surface area contributed by atoms with Gasteiger partial charge in [-0.25, -0.2) is 0 Å². The van der Waals surface area contributed by atoms with Crippen LogP contribution < -0.4 is 4.74 Å². The molecule has 0 heterocycles. The molecule has 1 saturated carbocycles. The number of aldehydes is 1. The Morgan fingerprint density at radius 1 is 1.15 bits per heavy atom. The zero-order chi connectivity index (χ0) is 14.0. The maximum Gasteiger partial charge on any atom is 0.126 e. The molecule has 2 aromatic rings. The van der Waals surface area contributed by atoms with Gasteiger partial charge in [-0.15, -0.1) is 0 Å². The van der Waals surface area contributed by atoms with E-state index in [-0.39, 0.29) is 5.41 Å². The Balaban J connectivity index is 1.61. The molecule has 2 nitrogen and oxygen atoms in total. The van der Waals surface area contributed by atoms with Crippen molar-refractivity contribution in [3.8, 4) is 5.75 Å². The molecule has 0 N–H and O–H groups in total. The van der Waals surface area contributed by atoms with E-state index in [1.807, 2.05) is 49.4 Å². The minimum absolute atomic E-state index is 0.146. The van der Waals surface area contributed by atoms with Crippen LogP contribution in [0.15, 0.2) is 54.6 Å². The van der Waals surface area contributed by atoms with Crippen molar-refractivity contribution in [2.75, 3.05) is 0 Å². The molecule has 0 unspecified atom stereocenters. The lowest BCUT2D eigenvalue weighted by atomic mass is 10.0. The van der Waals surface area contributed by atoms with E-state index in [4.69, 9.17) is 4.74 Å². The predicted molar refractivity (Wildman–Crippen MR) is 78.7 cm³/mol. The molecule has 102 valence electrons. The van der Waals surface area contributed by atoms with Gasteiger partial charge in [0.05, 0.1) is 0 Å². The number of carbonyl (C=O) groups is 1. The van der Waals surface area contributed by atoms with Crippen molar-refractivity contribution in [3.05, 3.63) is 65.7 Å². The first-order valence-electron chi connectivity index (χ1n) is 6.94. The van der Waals surface area contributed by atoms with Gasteiger partial charge in [-0.3, -0.25) is 0 Å². The molecule has 1 aliphatic rings. The number of hydrogen-bond donors (Lipinski definition) is 0. The first-order chi connectivity index (χ1) is 9.71. The van der Waals surface area contributed by atoms with Gasteiger partial charge in [-0.05, 0) is 35.6 Å². The topological polar surface area (TPSA) is 26.3 Å². The maximum atomic E-state index is 11.0. The summed E-state index contributed by atoms with van der Waals surface area (Å²) in [6.07, 6.45) is 2.04. The number of hydrogen-bond acceptors (Lipinski definition) is 2. The highest BCUT2D eigenvalue weighted by Gasteiger charge is 2.50. The fraction of sp³-hybridized carbons (Fsp3) is 0.278. The zero-order valence-corrected chi connectivity index (χ0v) is 11.6. The summed E-state index contributed by atoms with van der Waals surface area (Å²) in [6, 6.07) is 18.2. The molecule has 0 bridgehead atoms. The van der Waals surface area contributed by atoms with Gasteiger partial charge in [-0.1, -0.05) is 49.4 Å². The Bertz CT molecular complexity index is 589. The first-order valence-corrected chi connectivity index (χ1v) is 6.94. The van der Waals surface area contributed by atoms with E-state index in [0.29, 0.717) is 12.5 Å². The van der Waals surface area contributed by atoms with Gasteiger partial charge in [0.1, 0.15) is 18.6 Å². The van der Waals surface area contributed by atoms with E-state index in [9.17, 15) is 4.79 Å². The van der Waals surface area contributed by atoms with E-state index in [2.05, 4.69) is 12.1 Å². The van der Waals surface area contributed by atoms with Crippen LogP contribution in [0, 0.1) is 5.41 Å². The molecule has 0 spiro atoms. The van der Waals surface area contributed by atoms with Crippen LogP contribution in [0.2, 0.25) is 0 Å². The molecular weight excluding hydrogens is 248 g/mol. The molecule has 1 fully saturated rings. The van der Waals surface area contributed by atoms with Crippen molar-refractivity contribution in [1.29, 1.82) is 0 Å². The van der Waals surface area contributed by atoms with Crippen LogP contribution >= 0.6 is 0 Å². The van der Waals surface area contributed by atoms with Crippen molar-refractivity contribution in [2.45, 2.75) is 25.9 Å². The van der Waals surface area contributed by atoms with Crippen molar-refractivity contribution >= 4 is 6.29 Å². The van der Waals surface area contributed by atoms with E-state index >= 15 is 0 Å². The molecule has 0 radical (unpaired) electrons. The van der Waals surface area contributed by atoms with Gasteiger partial charge in [-0.2, -0.15) is 0 Å². The average molecular weight is 266 g/mol. The summed E-state index contributed by atoms with van der Waals surface area (Å²) in [5.74, 6) is 1.24. The van der Waals surface area contributed by atoms with Gasteiger partial charge < -0.3 is 9.53 Å². The smallest absolute Gasteiger partial charge is 0.126 e. The Morgan fingerprint density at radius 3 is 2.45 bits per heavy atom. The quantitative estimate of drug-likeness (QED) is 0.766. The molecular formula is C18H18O2. The molecule has 2 aromatic carbocycles. The summed E-state index contributed by atoms with van der Waals surface area (Å²) in [5.41, 5.74) is 2.24. The molecule has 1 aliphatic carbocycles. The van der Waals surface area contributed by atoms with Crippen LogP contribution in [-0.4, -0.2) is 6.29 Å². The average Bonchev–Trinajstić information content (AvgIpc) is 3.20. The van der Waals surface area contributed by atoms with E-state index in [1.54, 1.807) is 0 Å². The number of carbonyl (C=O) groups excluding carboxylic acids is 1. The zero-order valence-electron chi connectivity index (χ0n) is 11.6. The Labute approximate surface area is 119 Å². The van der Waals surface area contributed by atoms with Crippen molar-refractivity contribution in [1.82, 2.24) is 0 Å². The minimum Gasteiger partial charge on any atom is -0.489 e. The largest absolute Gasteiger partial charge is 0.489 e. The monoisotopic (exact) mass is 266 g/mol. The lowest BCUT2D eigenvalue weighted by molar-refractivity contribution is -0.111. The van der Waals surface area contributed by atoms with Crippen LogP contribution in [0.3, 0.4) is 0 Å². The summed E-state index contributed by atoms with van der Waals surface area (Å²) in [4.78, 5) is 11.0. The number of ether oxygens (including phenoxy) is 1. The normalized spacial score (nSPS) is 24.1. The SMILES string of the molecule is C[C@]1(C=O)C[C@H]1c1ccc(OCc2ccccc2)cc1. The predicted octanol–water partition coefficient (Wildman–Crippen LogP) is 3.96. The fourth-order valence-corrected chi connectivity index (χ4v) is 2.55. The Kier molecular flexibility index (Phi) is 3.31. The third-order valence-corrected chi connectivity index (χ3v) is 4.08. The molecule has 0 aromatic heterocycles. The Hall–Kier alpha value is -2.09. The standard InChI is InChI=1S/C18H18O2/c1-18(13-19)11-17(18)15-7-9-16(10-8-15)20-12-14-5-3-2-4-6-14/h2-10,13,17H,11-12H2,1H3/t17-,18+/m0/s1. The molecule has 2 atom stereocenters. The van der Waals surface area contributed by atoms with E-state index in [0.717, 1.165) is 24.0 Å². The van der Waals surface area contributed by atoms with Crippen molar-refractivity contribution < 1.29 is 9.53 Å². The third-order valence-electron chi connectivity index (χ3n) is 4.08. The summed E-state index contributed by atoms with van der Waals surface area (Å²) in [6.45, 7) is 2.60. The second kappa shape index (κ2) is 5.12. The second-order valence-corrected chi connectivity index (χ2v) is 5.72. The van der Waals surface area contributed by atoms with Gasteiger partial charge in [0, 0.05) is 5.41 Å². The third kappa shape index (κ3) is 2.60. The fourth-order valence-electron chi connectivity index (χ4n) is 2.55. The molecule has 3 rings (SSSR count). The van der Waals surface area contributed by atoms with Gasteiger partial charge in [0.25, 0.3) is 0 Å². The molecule has 0 amide bonds. The lowest BCUT2D eigenvalue weighted by Gasteiger charge is -2.08. The van der Waals surface area contributed by atoms with Crippen LogP contribution in [0.25, 0.3) is 0 Å². The first kappa shape index (κ1) is 12.9. The van der Waals surface area contributed by atoms with Gasteiger partial charge in [0.2, 0.25) is 0 Å². The summed E-state index contributed by atoms with van der Waals surface area (Å²) < 4.78 is 5.76. The van der Waals surface area contributed by atoms with Crippen LogP contribution in [0.5, 0.6) is 5.75 Å². The lowest BCUT2D eigenvalue weighted by Crippen LogP contribution is -1.98. The van der Waals surface area contributed by atoms with Crippen LogP contribution in [0.1, 0.15) is 30.4 Å². The van der Waals surface area contributed by atoms with Gasteiger partial charge in [0.15, 0.2) is 0 Å². The Morgan fingerprint density at radius 2 is 1.85 bits per heavy atom. The summed E-state index contributed by atoms with van der Waals surface area (Å²) in [7, 11) is 0. The second-order valence-electron chi connectivity index (χ2n) is 5.72. The molecule has 0 aliphatic heterocycles.